The number of nitro benzene ring substituents is 2. The molecule has 0 heterocycles. The highest BCUT2D eigenvalue weighted by atomic mass is 35.5. The molecule has 13 heteroatoms. The summed E-state index contributed by atoms with van der Waals surface area (Å²) in [4.78, 5) is 20.1. The summed E-state index contributed by atoms with van der Waals surface area (Å²) < 4.78 is 15.5. The highest BCUT2D eigenvalue weighted by Gasteiger charge is 2.17. The topological polar surface area (TPSA) is 114 Å². The molecule has 2 aromatic carbocycles. The number of hydrogen-bond donors (Lipinski definition) is 0. The van der Waals surface area contributed by atoms with E-state index in [0.29, 0.717) is 0 Å². The third-order valence-corrected chi connectivity index (χ3v) is 4.08. The number of halogens is 4. The molecule has 0 atom stereocenters. The molecule has 0 aromatic heterocycles. The van der Waals surface area contributed by atoms with Gasteiger partial charge in [0.05, 0.1) is 29.9 Å². The summed E-state index contributed by atoms with van der Waals surface area (Å²) in [6.45, 7) is -0.723. The molecular formula is C14H8Cl4N2O7. The Morgan fingerprint density at radius 3 is 1.26 bits per heavy atom. The minimum Gasteiger partial charge on any atom is -0.464 e. The van der Waals surface area contributed by atoms with Crippen LogP contribution in [-0.2, 0) is 4.74 Å². The van der Waals surface area contributed by atoms with Crippen LogP contribution in [0, 0.1) is 20.2 Å². The summed E-state index contributed by atoms with van der Waals surface area (Å²) in [5.74, 6) is -0.00864. The maximum absolute atomic E-state index is 10.7. The fourth-order valence-electron chi connectivity index (χ4n) is 1.81. The van der Waals surface area contributed by atoms with Crippen LogP contribution in [0.3, 0.4) is 0 Å². The first-order valence-corrected chi connectivity index (χ1v) is 8.32. The molecule has 0 spiro atoms. The van der Waals surface area contributed by atoms with Crippen LogP contribution in [0.4, 0.5) is 11.4 Å². The average molecular weight is 458 g/mol. The number of non-ortho nitro benzene ring substituents is 2. The Bertz CT molecular complexity index is 776. The first-order valence-electron chi connectivity index (χ1n) is 6.81. The lowest BCUT2D eigenvalue weighted by Crippen LogP contribution is -2.09. The van der Waals surface area contributed by atoms with Gasteiger partial charge in [-0.2, -0.15) is 0 Å². The van der Waals surface area contributed by atoms with Gasteiger partial charge in [0, 0.05) is 24.3 Å². The molecule has 0 bridgehead atoms. The normalized spacial score (nSPS) is 10.5. The van der Waals surface area contributed by atoms with E-state index in [4.69, 9.17) is 60.6 Å². The molecule has 0 unspecified atom stereocenters. The Kier molecular flexibility index (Phi) is 7.28. The Morgan fingerprint density at radius 1 is 0.704 bits per heavy atom. The molecule has 9 nitrogen and oxygen atoms in total. The van der Waals surface area contributed by atoms with E-state index in [1.54, 1.807) is 0 Å². The van der Waals surface area contributed by atoms with Crippen molar-refractivity contribution in [2.24, 2.45) is 0 Å². The fraction of sp³-hybridized carbons (Fsp3) is 0.143. The van der Waals surface area contributed by atoms with E-state index >= 15 is 0 Å². The monoisotopic (exact) mass is 456 g/mol. The second-order valence-corrected chi connectivity index (χ2v) is 6.35. The number of hydrogen-bond acceptors (Lipinski definition) is 7. The predicted molar refractivity (Wildman–Crippen MR) is 98.3 cm³/mol. The quantitative estimate of drug-likeness (QED) is 0.222. The van der Waals surface area contributed by atoms with E-state index in [2.05, 4.69) is 0 Å². The van der Waals surface area contributed by atoms with E-state index in [1.165, 1.54) is 0 Å². The number of ether oxygens (including phenoxy) is 3. The highest BCUT2D eigenvalue weighted by Crippen LogP contribution is 2.38. The van der Waals surface area contributed by atoms with Crippen LogP contribution in [0.1, 0.15) is 0 Å². The van der Waals surface area contributed by atoms with Crippen LogP contribution in [-0.4, -0.2) is 23.4 Å². The van der Waals surface area contributed by atoms with E-state index in [1.807, 2.05) is 0 Å². The molecule has 0 fully saturated rings. The molecule has 0 aliphatic carbocycles. The van der Waals surface area contributed by atoms with Gasteiger partial charge < -0.3 is 14.2 Å². The molecule has 0 N–H and O–H groups in total. The van der Waals surface area contributed by atoms with Gasteiger partial charge in [0.25, 0.3) is 11.4 Å². The van der Waals surface area contributed by atoms with Crippen molar-refractivity contribution in [1.29, 1.82) is 0 Å². The minimum atomic E-state index is -0.649. The number of benzene rings is 2. The van der Waals surface area contributed by atoms with Crippen molar-refractivity contribution in [3.8, 4) is 11.5 Å². The van der Waals surface area contributed by atoms with Crippen molar-refractivity contribution in [2.45, 2.75) is 0 Å². The van der Waals surface area contributed by atoms with Crippen molar-refractivity contribution in [3.63, 3.8) is 0 Å². The molecule has 27 heavy (non-hydrogen) atoms. The van der Waals surface area contributed by atoms with E-state index in [0.717, 1.165) is 24.3 Å². The van der Waals surface area contributed by atoms with Crippen LogP contribution in [0.25, 0.3) is 0 Å². The molecule has 0 aliphatic rings. The third-order valence-electron chi connectivity index (χ3n) is 2.96. The predicted octanol–water partition coefficient (Wildman–Crippen LogP) is 5.51. The molecule has 144 valence electrons. The lowest BCUT2D eigenvalue weighted by atomic mass is 10.3. The lowest BCUT2D eigenvalue weighted by molar-refractivity contribution is -0.385. The van der Waals surface area contributed by atoms with Crippen LogP contribution in [0.5, 0.6) is 11.5 Å². The maximum Gasteiger partial charge on any atom is 0.272 e. The average Bonchev–Trinajstić information content (AvgIpc) is 2.57. The van der Waals surface area contributed by atoms with E-state index in [9.17, 15) is 20.2 Å². The third kappa shape index (κ3) is 5.47. The van der Waals surface area contributed by atoms with E-state index < -0.39 is 9.85 Å². The maximum atomic E-state index is 10.7. The highest BCUT2D eigenvalue weighted by molar-refractivity contribution is 6.38. The number of nitrogens with zero attached hydrogens (tertiary/aromatic N) is 2. The summed E-state index contributed by atoms with van der Waals surface area (Å²) in [6.07, 6.45) is 0. The van der Waals surface area contributed by atoms with Gasteiger partial charge in [0.1, 0.15) is 0 Å². The standard InChI is InChI=1S/C14H8Cl4N2O7/c15-9-1-7(19(21)22)2-10(16)13(9)26-5-25-6-27-14-11(17)3-8(20(23)24)4-12(14)18/h1-4H,5-6H2. The largest absolute Gasteiger partial charge is 0.464 e. The molecule has 0 aliphatic heterocycles. The summed E-state index contributed by atoms with van der Waals surface area (Å²) in [5.41, 5.74) is -0.576. The summed E-state index contributed by atoms with van der Waals surface area (Å²) >= 11 is 23.5. The van der Waals surface area contributed by atoms with Crippen molar-refractivity contribution in [3.05, 3.63) is 64.6 Å². The zero-order valence-corrected chi connectivity index (χ0v) is 16.0. The summed E-state index contributed by atoms with van der Waals surface area (Å²) in [5, 5.41) is 21.1. The van der Waals surface area contributed by atoms with Gasteiger partial charge in [-0.3, -0.25) is 20.2 Å². The molecule has 0 saturated carbocycles. The first-order chi connectivity index (χ1) is 12.7. The Hall–Kier alpha value is -2.04. The Balaban J connectivity index is 1.92. The van der Waals surface area contributed by atoms with Gasteiger partial charge in [-0.05, 0) is 0 Å². The zero-order valence-electron chi connectivity index (χ0n) is 13.0. The van der Waals surface area contributed by atoms with Gasteiger partial charge in [-0.25, -0.2) is 0 Å². The van der Waals surface area contributed by atoms with E-state index in [-0.39, 0.29) is 56.6 Å². The molecule has 0 saturated heterocycles. The number of nitro groups is 2. The van der Waals surface area contributed by atoms with Crippen LogP contribution < -0.4 is 9.47 Å². The Labute approximate surface area is 171 Å². The fourth-order valence-corrected chi connectivity index (χ4v) is 2.98. The van der Waals surface area contributed by atoms with Gasteiger partial charge in [-0.15, -0.1) is 0 Å². The molecule has 0 radical (unpaired) electrons. The van der Waals surface area contributed by atoms with Crippen molar-refractivity contribution >= 4 is 57.8 Å². The molecule has 0 amide bonds. The van der Waals surface area contributed by atoms with Gasteiger partial charge in [0.2, 0.25) is 0 Å². The van der Waals surface area contributed by atoms with Gasteiger partial charge >= 0.3 is 0 Å². The van der Waals surface area contributed by atoms with Crippen molar-refractivity contribution in [1.82, 2.24) is 0 Å². The lowest BCUT2D eigenvalue weighted by Gasteiger charge is -2.12. The molecule has 2 aromatic rings. The van der Waals surface area contributed by atoms with Crippen molar-refractivity contribution < 1.29 is 24.1 Å². The molecular weight excluding hydrogens is 450 g/mol. The second kappa shape index (κ2) is 9.25. The second-order valence-electron chi connectivity index (χ2n) is 4.72. The molecule has 2 rings (SSSR count). The summed E-state index contributed by atoms with van der Waals surface area (Å²) in [6, 6.07) is 4.32. The SMILES string of the molecule is O=[N+]([O-])c1cc(Cl)c(OCOCOc2c(Cl)cc([N+](=O)[O-])cc2Cl)c(Cl)c1. The van der Waals surface area contributed by atoms with Crippen molar-refractivity contribution in [2.75, 3.05) is 13.6 Å². The smallest absolute Gasteiger partial charge is 0.272 e. The summed E-state index contributed by atoms with van der Waals surface area (Å²) in [7, 11) is 0. The van der Waals surface area contributed by atoms with Gasteiger partial charge in [-0.1, -0.05) is 46.4 Å². The zero-order chi connectivity index (χ0) is 20.1. The minimum absolute atomic E-state index is 0.00432. The van der Waals surface area contributed by atoms with Crippen LogP contribution >= 0.6 is 46.4 Å². The van der Waals surface area contributed by atoms with Crippen LogP contribution in [0.15, 0.2) is 24.3 Å². The van der Waals surface area contributed by atoms with Gasteiger partial charge in [0.15, 0.2) is 25.1 Å². The number of rotatable bonds is 8. The van der Waals surface area contributed by atoms with Crippen LogP contribution in [0.2, 0.25) is 20.1 Å². The Morgan fingerprint density at radius 2 is 1.00 bits per heavy atom. The first kappa shape index (κ1) is 21.3.